The third-order valence-corrected chi connectivity index (χ3v) is 7.22. The van der Waals surface area contributed by atoms with Crippen molar-refractivity contribution in [2.24, 2.45) is 0 Å². The number of carbonyl (C=O) groups is 2. The number of alkyl halides is 1. The van der Waals surface area contributed by atoms with Crippen molar-refractivity contribution in [3.8, 4) is 16.2 Å². The number of hydrogen-bond acceptors (Lipinski definition) is 8. The average molecular weight is 532 g/mol. The van der Waals surface area contributed by atoms with Crippen LogP contribution in [0.4, 0.5) is 5.69 Å². The first kappa shape index (κ1) is 23.8. The van der Waals surface area contributed by atoms with E-state index in [1.807, 2.05) is 24.3 Å². The van der Waals surface area contributed by atoms with Crippen molar-refractivity contribution in [3.05, 3.63) is 33.6 Å². The zero-order valence-corrected chi connectivity index (χ0v) is 20.4. The molecule has 31 heavy (non-hydrogen) atoms. The van der Waals surface area contributed by atoms with Gasteiger partial charge < -0.3 is 24.8 Å². The van der Waals surface area contributed by atoms with Gasteiger partial charge in [0.05, 0.1) is 28.6 Å². The van der Waals surface area contributed by atoms with Gasteiger partial charge in [-0.25, -0.2) is 9.59 Å². The molecule has 1 aliphatic rings. The highest BCUT2D eigenvalue weighted by Gasteiger charge is 2.26. The Morgan fingerprint density at radius 2 is 2.19 bits per heavy atom. The number of anilines is 1. The lowest BCUT2D eigenvalue weighted by atomic mass is 10.1. The highest BCUT2D eigenvalue weighted by atomic mass is 79.9. The Morgan fingerprint density at radius 1 is 1.39 bits per heavy atom. The van der Waals surface area contributed by atoms with Crippen LogP contribution in [0.2, 0.25) is 0 Å². The zero-order valence-electron chi connectivity index (χ0n) is 17.2. The van der Waals surface area contributed by atoms with Gasteiger partial charge in [-0.05, 0) is 59.9 Å². The van der Waals surface area contributed by atoms with Crippen molar-refractivity contribution >= 4 is 56.5 Å². The number of ether oxygens (including phenoxy) is 3. The third kappa shape index (κ3) is 6.12. The fraction of sp³-hybridized carbons (Fsp3) is 0.429. The maximum Gasteiger partial charge on any atom is 0.351 e. The van der Waals surface area contributed by atoms with Crippen molar-refractivity contribution in [1.29, 1.82) is 0 Å². The summed E-state index contributed by atoms with van der Waals surface area (Å²) in [7, 11) is 1.30. The Labute approximate surface area is 198 Å². The summed E-state index contributed by atoms with van der Waals surface area (Å²) in [5, 5.41) is 6.76. The fourth-order valence-electron chi connectivity index (χ4n) is 3.25. The largest absolute Gasteiger partial charge is 0.479 e. The fourth-order valence-corrected chi connectivity index (χ4v) is 5.54. The minimum absolute atomic E-state index is 0.0393. The van der Waals surface area contributed by atoms with Gasteiger partial charge in [0.15, 0.2) is 17.2 Å². The molecule has 2 aromatic rings. The standard InChI is InChI=1S/C21H24BrClN2O5S/c1-3-29-16(26)11-30-18-17(22)19(31-20(18)21(27)28-2)12-5-4-6-13(9-12)25-14-7-8-24-15(23)10-14/h4-6,9,14-15,24-25H,3,7-8,10-11H2,1-2H3. The molecule has 168 valence electrons. The number of benzene rings is 1. The summed E-state index contributed by atoms with van der Waals surface area (Å²) in [6.07, 6.45) is 1.81. The number of methoxy groups -OCH3 is 1. The van der Waals surface area contributed by atoms with E-state index in [1.54, 1.807) is 6.92 Å². The second-order valence-corrected chi connectivity index (χ2v) is 9.20. The number of hydrogen-bond donors (Lipinski definition) is 2. The Bertz CT molecular complexity index is 938. The van der Waals surface area contributed by atoms with Crippen LogP contribution >= 0.6 is 38.9 Å². The number of halogens is 2. The molecule has 7 nitrogen and oxygen atoms in total. The van der Waals surface area contributed by atoms with Gasteiger partial charge in [-0.1, -0.05) is 12.1 Å². The number of thiophene rings is 1. The topological polar surface area (TPSA) is 85.9 Å². The van der Waals surface area contributed by atoms with E-state index in [4.69, 9.17) is 25.8 Å². The van der Waals surface area contributed by atoms with Crippen LogP contribution in [0.25, 0.3) is 10.4 Å². The monoisotopic (exact) mass is 530 g/mol. The van der Waals surface area contributed by atoms with Crippen LogP contribution in [-0.2, 0) is 14.3 Å². The molecule has 2 unspecified atom stereocenters. The second-order valence-electron chi connectivity index (χ2n) is 6.86. The first-order valence-electron chi connectivity index (χ1n) is 9.86. The van der Waals surface area contributed by atoms with E-state index in [-0.39, 0.29) is 35.4 Å². The molecule has 1 fully saturated rings. The van der Waals surface area contributed by atoms with Gasteiger partial charge in [-0.3, -0.25) is 0 Å². The number of rotatable bonds is 8. The van der Waals surface area contributed by atoms with Gasteiger partial charge in [0.25, 0.3) is 0 Å². The second kappa shape index (κ2) is 11.2. The van der Waals surface area contributed by atoms with Crippen molar-refractivity contribution in [2.45, 2.75) is 31.3 Å². The molecule has 2 heterocycles. The summed E-state index contributed by atoms with van der Waals surface area (Å²) in [6.45, 7) is 2.53. The minimum atomic E-state index is -0.534. The SMILES string of the molecule is CCOC(=O)COc1c(C(=O)OC)sc(-c2cccc(NC3CCNC(Cl)C3)c2)c1Br. The molecule has 0 radical (unpaired) electrons. The van der Waals surface area contributed by atoms with Gasteiger partial charge in [0, 0.05) is 11.7 Å². The number of piperidine rings is 1. The molecular weight excluding hydrogens is 508 g/mol. The molecule has 1 aromatic heterocycles. The number of nitrogens with one attached hydrogen (secondary N) is 2. The normalized spacial score (nSPS) is 18.3. The molecular formula is C21H24BrClN2O5S. The van der Waals surface area contributed by atoms with E-state index in [9.17, 15) is 9.59 Å². The van der Waals surface area contributed by atoms with E-state index in [1.165, 1.54) is 18.4 Å². The van der Waals surface area contributed by atoms with Crippen LogP contribution in [0.1, 0.15) is 29.4 Å². The molecule has 10 heteroatoms. The van der Waals surface area contributed by atoms with Crippen molar-refractivity contribution in [2.75, 3.05) is 32.2 Å². The third-order valence-electron chi connectivity index (χ3n) is 4.67. The summed E-state index contributed by atoms with van der Waals surface area (Å²) < 4.78 is 16.0. The lowest BCUT2D eigenvalue weighted by Crippen LogP contribution is -2.40. The van der Waals surface area contributed by atoms with E-state index >= 15 is 0 Å². The molecule has 0 bridgehead atoms. The van der Waals surface area contributed by atoms with Crippen LogP contribution in [0.15, 0.2) is 28.7 Å². The van der Waals surface area contributed by atoms with Crippen LogP contribution in [0.3, 0.4) is 0 Å². The van der Waals surface area contributed by atoms with Crippen LogP contribution in [-0.4, -0.2) is 50.3 Å². The first-order chi connectivity index (χ1) is 14.9. The van der Waals surface area contributed by atoms with Crippen molar-refractivity contribution < 1.29 is 23.8 Å². The molecule has 0 amide bonds. The summed E-state index contributed by atoms with van der Waals surface area (Å²) in [5.74, 6) is -0.779. The van der Waals surface area contributed by atoms with Crippen molar-refractivity contribution in [3.63, 3.8) is 0 Å². The van der Waals surface area contributed by atoms with Gasteiger partial charge in [0.2, 0.25) is 0 Å². The molecule has 0 saturated carbocycles. The van der Waals surface area contributed by atoms with E-state index in [0.29, 0.717) is 4.47 Å². The quantitative estimate of drug-likeness (QED) is 0.292. The van der Waals surface area contributed by atoms with Gasteiger partial charge >= 0.3 is 11.9 Å². The molecule has 0 aliphatic carbocycles. The highest BCUT2D eigenvalue weighted by molar-refractivity contribution is 9.10. The first-order valence-corrected chi connectivity index (χ1v) is 11.9. The molecule has 0 spiro atoms. The predicted octanol–water partition coefficient (Wildman–Crippen LogP) is 4.63. The number of carbonyl (C=O) groups excluding carboxylic acids is 2. The lowest BCUT2D eigenvalue weighted by Gasteiger charge is -2.28. The summed E-state index contributed by atoms with van der Waals surface area (Å²) in [5.41, 5.74) is 1.82. The Kier molecular flexibility index (Phi) is 8.59. The van der Waals surface area contributed by atoms with Crippen LogP contribution in [0, 0.1) is 0 Å². The molecule has 2 N–H and O–H groups in total. The van der Waals surface area contributed by atoms with E-state index in [2.05, 4.69) is 26.6 Å². The Balaban J connectivity index is 1.86. The number of esters is 2. The van der Waals surface area contributed by atoms with E-state index < -0.39 is 11.9 Å². The highest BCUT2D eigenvalue weighted by Crippen LogP contribution is 2.46. The molecule has 1 saturated heterocycles. The van der Waals surface area contributed by atoms with Crippen LogP contribution in [0.5, 0.6) is 5.75 Å². The van der Waals surface area contributed by atoms with E-state index in [0.717, 1.165) is 35.5 Å². The smallest absolute Gasteiger partial charge is 0.351 e. The van der Waals surface area contributed by atoms with Crippen LogP contribution < -0.4 is 15.4 Å². The molecule has 3 rings (SSSR count). The van der Waals surface area contributed by atoms with Gasteiger partial charge in [-0.2, -0.15) is 0 Å². The van der Waals surface area contributed by atoms with Gasteiger partial charge in [0.1, 0.15) is 0 Å². The summed E-state index contributed by atoms with van der Waals surface area (Å²) in [6, 6.07) is 8.18. The molecule has 2 atom stereocenters. The average Bonchev–Trinajstić information content (AvgIpc) is 3.08. The maximum absolute atomic E-state index is 12.3. The summed E-state index contributed by atoms with van der Waals surface area (Å²) in [4.78, 5) is 25.1. The van der Waals surface area contributed by atoms with Gasteiger partial charge in [-0.15, -0.1) is 22.9 Å². The maximum atomic E-state index is 12.3. The predicted molar refractivity (Wildman–Crippen MR) is 125 cm³/mol. The minimum Gasteiger partial charge on any atom is -0.479 e. The zero-order chi connectivity index (χ0) is 22.4. The summed E-state index contributed by atoms with van der Waals surface area (Å²) >= 11 is 11.0. The Hall–Kier alpha value is -1.81. The lowest BCUT2D eigenvalue weighted by molar-refractivity contribution is -0.145. The Morgan fingerprint density at radius 3 is 2.90 bits per heavy atom. The molecule has 1 aromatic carbocycles. The van der Waals surface area contributed by atoms with Crippen molar-refractivity contribution in [1.82, 2.24) is 5.32 Å². The molecule has 1 aliphatic heterocycles.